The van der Waals surface area contributed by atoms with E-state index in [1.54, 1.807) is 10.7 Å². The second-order valence-corrected chi connectivity index (χ2v) is 2.39. The Morgan fingerprint density at radius 1 is 1.45 bits per heavy atom. The molecule has 0 aromatic carbocycles. The molecule has 0 fully saturated rings. The second-order valence-electron chi connectivity index (χ2n) is 2.39. The summed E-state index contributed by atoms with van der Waals surface area (Å²) in [5.74, 6) is 0. The summed E-state index contributed by atoms with van der Waals surface area (Å²) in [7, 11) is 3.78. The Hall–Kier alpha value is -1.56. The van der Waals surface area contributed by atoms with Crippen molar-refractivity contribution in [1.29, 1.82) is 5.26 Å². The molecule has 3 nitrogen and oxygen atoms in total. The van der Waals surface area contributed by atoms with Gasteiger partial charge in [-0.25, -0.2) is 0 Å². The van der Waals surface area contributed by atoms with E-state index in [4.69, 9.17) is 5.26 Å². The number of aromatic nitrogens is 1. The molecule has 1 aromatic rings. The van der Waals surface area contributed by atoms with Gasteiger partial charge in [0.2, 0.25) is 6.20 Å². The van der Waals surface area contributed by atoms with Crippen molar-refractivity contribution in [1.82, 2.24) is 0 Å². The average Bonchev–Trinajstić information content (AvgIpc) is 2.04. The lowest BCUT2D eigenvalue weighted by atomic mass is 10.4. The molecule has 0 aliphatic rings. The highest BCUT2D eigenvalue weighted by molar-refractivity contribution is 5.13. The van der Waals surface area contributed by atoms with Crippen LogP contribution in [0.1, 0.15) is 5.69 Å². The zero-order valence-electron chi connectivity index (χ0n) is 6.65. The van der Waals surface area contributed by atoms with Gasteiger partial charge in [0.25, 0.3) is 0 Å². The van der Waals surface area contributed by atoms with Crippen molar-refractivity contribution in [2.75, 3.05) is 19.1 Å². The van der Waals surface area contributed by atoms with E-state index in [1.807, 2.05) is 37.4 Å². The van der Waals surface area contributed by atoms with Gasteiger partial charge in [0.15, 0.2) is 6.07 Å². The minimum Gasteiger partial charge on any atom is -0.186 e. The molecular weight excluding hydrogens is 138 g/mol. The first-order valence-electron chi connectivity index (χ1n) is 3.34. The summed E-state index contributed by atoms with van der Waals surface area (Å²) in [5, 5.41) is 10.5. The van der Waals surface area contributed by atoms with Crippen LogP contribution in [-0.4, -0.2) is 14.1 Å². The Bertz CT molecular complexity index is 286. The summed E-state index contributed by atoms with van der Waals surface area (Å²) >= 11 is 0. The SMILES string of the molecule is CN(C)[n+]1ccccc1C#N. The number of rotatable bonds is 1. The van der Waals surface area contributed by atoms with Crippen LogP contribution < -0.4 is 9.69 Å². The first kappa shape index (κ1) is 7.55. The maximum atomic E-state index is 8.67. The predicted octanol–water partition coefficient (Wildman–Crippen LogP) is 0.0434. The van der Waals surface area contributed by atoms with Gasteiger partial charge in [0.05, 0.1) is 14.1 Å². The molecule has 0 unspecified atom stereocenters. The fourth-order valence-corrected chi connectivity index (χ4v) is 0.872. The van der Waals surface area contributed by atoms with Crippen molar-refractivity contribution in [2.45, 2.75) is 0 Å². The van der Waals surface area contributed by atoms with Crippen LogP contribution in [0.4, 0.5) is 0 Å². The molecule has 1 heterocycles. The van der Waals surface area contributed by atoms with E-state index < -0.39 is 0 Å². The van der Waals surface area contributed by atoms with Crippen LogP contribution in [0.25, 0.3) is 0 Å². The second kappa shape index (κ2) is 3.02. The largest absolute Gasteiger partial charge is 0.312 e. The molecule has 0 saturated carbocycles. The van der Waals surface area contributed by atoms with Gasteiger partial charge >= 0.3 is 5.69 Å². The molecule has 0 atom stereocenters. The predicted molar refractivity (Wildman–Crippen MR) is 41.4 cm³/mol. The van der Waals surface area contributed by atoms with Crippen LogP contribution in [0.2, 0.25) is 0 Å². The lowest BCUT2D eigenvalue weighted by Gasteiger charge is -2.04. The van der Waals surface area contributed by atoms with Gasteiger partial charge in [-0.05, 0) is 6.07 Å². The highest BCUT2D eigenvalue weighted by Gasteiger charge is 2.08. The van der Waals surface area contributed by atoms with E-state index >= 15 is 0 Å². The monoisotopic (exact) mass is 148 g/mol. The quantitative estimate of drug-likeness (QED) is 0.527. The highest BCUT2D eigenvalue weighted by Crippen LogP contribution is 1.86. The fourth-order valence-electron chi connectivity index (χ4n) is 0.872. The van der Waals surface area contributed by atoms with Crippen molar-refractivity contribution >= 4 is 0 Å². The number of hydrogen-bond donors (Lipinski definition) is 0. The summed E-state index contributed by atoms with van der Waals surface area (Å²) in [6.07, 6.45) is 1.85. The van der Waals surface area contributed by atoms with E-state index in [9.17, 15) is 0 Å². The maximum Gasteiger partial charge on any atom is 0.312 e. The lowest BCUT2D eigenvalue weighted by Crippen LogP contribution is -2.54. The fraction of sp³-hybridized carbons (Fsp3) is 0.250. The standard InChI is InChI=1S/C8H10N3/c1-10(2)11-6-4-3-5-8(11)7-9/h3-6H,1-2H3/q+1. The Morgan fingerprint density at radius 3 is 2.64 bits per heavy atom. The Kier molecular flexibility index (Phi) is 2.07. The number of nitrogens with zero attached hydrogens (tertiary/aromatic N) is 3. The minimum absolute atomic E-state index is 0.637. The molecule has 0 amide bonds. The summed E-state index contributed by atoms with van der Waals surface area (Å²) in [6.45, 7) is 0. The van der Waals surface area contributed by atoms with Crippen LogP contribution in [0.5, 0.6) is 0 Å². The van der Waals surface area contributed by atoms with Gasteiger partial charge < -0.3 is 0 Å². The minimum atomic E-state index is 0.637. The van der Waals surface area contributed by atoms with Gasteiger partial charge in [-0.1, -0.05) is 4.68 Å². The van der Waals surface area contributed by atoms with Gasteiger partial charge in [0.1, 0.15) is 0 Å². The van der Waals surface area contributed by atoms with Crippen LogP contribution in [-0.2, 0) is 0 Å². The topological polar surface area (TPSA) is 30.9 Å². The number of pyridine rings is 1. The van der Waals surface area contributed by atoms with E-state index in [0.29, 0.717) is 5.69 Å². The molecule has 0 N–H and O–H groups in total. The molecule has 0 aliphatic carbocycles. The lowest BCUT2D eigenvalue weighted by molar-refractivity contribution is -0.689. The molecule has 0 saturated heterocycles. The van der Waals surface area contributed by atoms with E-state index in [2.05, 4.69) is 6.07 Å². The zero-order valence-corrected chi connectivity index (χ0v) is 6.65. The third-order valence-electron chi connectivity index (χ3n) is 1.38. The number of nitriles is 1. The van der Waals surface area contributed by atoms with Crippen LogP contribution >= 0.6 is 0 Å². The molecule has 1 aromatic heterocycles. The summed E-state index contributed by atoms with van der Waals surface area (Å²) in [5.41, 5.74) is 0.637. The van der Waals surface area contributed by atoms with Crippen LogP contribution in [0.3, 0.4) is 0 Å². The third kappa shape index (κ3) is 1.47. The Morgan fingerprint density at radius 2 is 2.18 bits per heavy atom. The molecule has 0 bridgehead atoms. The van der Waals surface area contributed by atoms with Crippen LogP contribution in [0.15, 0.2) is 24.4 Å². The van der Waals surface area contributed by atoms with Gasteiger partial charge in [-0.15, -0.1) is 0 Å². The first-order valence-corrected chi connectivity index (χ1v) is 3.34. The van der Waals surface area contributed by atoms with Gasteiger partial charge in [-0.2, -0.15) is 10.3 Å². The summed E-state index contributed by atoms with van der Waals surface area (Å²) < 4.78 is 1.78. The maximum absolute atomic E-state index is 8.67. The average molecular weight is 148 g/mol. The molecule has 1 rings (SSSR count). The Labute approximate surface area is 66.1 Å². The van der Waals surface area contributed by atoms with Crippen LogP contribution in [0, 0.1) is 11.3 Å². The highest BCUT2D eigenvalue weighted by atomic mass is 15.5. The smallest absolute Gasteiger partial charge is 0.186 e. The molecule has 0 aliphatic heterocycles. The molecule has 56 valence electrons. The Balaban J connectivity index is 3.15. The molecule has 3 heteroatoms. The van der Waals surface area contributed by atoms with E-state index in [-0.39, 0.29) is 0 Å². The van der Waals surface area contributed by atoms with Gasteiger partial charge in [-0.3, -0.25) is 0 Å². The molecular formula is C8H10N3+. The number of hydrogen-bond acceptors (Lipinski definition) is 2. The van der Waals surface area contributed by atoms with Crippen molar-refractivity contribution in [3.8, 4) is 6.07 Å². The van der Waals surface area contributed by atoms with Crippen molar-refractivity contribution in [3.63, 3.8) is 0 Å². The van der Waals surface area contributed by atoms with Gasteiger partial charge in [0, 0.05) is 12.1 Å². The normalized spacial score (nSPS) is 8.82. The molecule has 11 heavy (non-hydrogen) atoms. The summed E-state index contributed by atoms with van der Waals surface area (Å²) in [4.78, 5) is 0. The first-order chi connectivity index (χ1) is 5.25. The van der Waals surface area contributed by atoms with Crippen molar-refractivity contribution < 1.29 is 4.68 Å². The summed E-state index contributed by atoms with van der Waals surface area (Å²) in [6, 6.07) is 7.61. The molecule has 0 radical (unpaired) electrons. The van der Waals surface area contributed by atoms with Crippen molar-refractivity contribution in [2.24, 2.45) is 0 Å². The zero-order chi connectivity index (χ0) is 8.27. The third-order valence-corrected chi connectivity index (χ3v) is 1.38. The van der Waals surface area contributed by atoms with Crippen molar-refractivity contribution in [3.05, 3.63) is 30.1 Å². The molecule has 0 spiro atoms. The van der Waals surface area contributed by atoms with E-state index in [0.717, 1.165) is 0 Å². The van der Waals surface area contributed by atoms with E-state index in [1.165, 1.54) is 0 Å².